The van der Waals surface area contributed by atoms with Crippen LogP contribution in [-0.2, 0) is 9.59 Å². The van der Waals surface area contributed by atoms with E-state index in [4.69, 9.17) is 34.8 Å². The van der Waals surface area contributed by atoms with Crippen LogP contribution in [0.5, 0.6) is 0 Å². The van der Waals surface area contributed by atoms with Gasteiger partial charge >= 0.3 is 0 Å². The van der Waals surface area contributed by atoms with Gasteiger partial charge in [0.2, 0.25) is 11.8 Å². The van der Waals surface area contributed by atoms with Gasteiger partial charge in [0, 0.05) is 0 Å². The fraction of sp³-hybridized carbons (Fsp3) is 0.286. The average Bonchev–Trinajstić information content (AvgIpc) is 2.68. The predicted octanol–water partition coefficient (Wildman–Crippen LogP) is 4.10. The highest BCUT2D eigenvalue weighted by molar-refractivity contribution is 6.48. The van der Waals surface area contributed by atoms with Crippen LogP contribution in [-0.4, -0.2) is 11.8 Å². The molecule has 1 aliphatic carbocycles. The summed E-state index contributed by atoms with van der Waals surface area (Å²) in [5.41, 5.74) is 0.383. The standard InChI is InChI=1S/C14H10Cl3NO2/c15-10-5-7(6-11(16)12(10)17)18-13(19)8-3-1-2-4-9(8)14(18)20/h1-2,5-6,8-9H,3-4H2/t8-,9+. The fourth-order valence-corrected chi connectivity index (χ4v) is 3.31. The van der Waals surface area contributed by atoms with Crippen molar-refractivity contribution in [3.8, 4) is 0 Å². The minimum Gasteiger partial charge on any atom is -0.274 e. The quantitative estimate of drug-likeness (QED) is 0.441. The number of hydrogen-bond donors (Lipinski definition) is 0. The summed E-state index contributed by atoms with van der Waals surface area (Å²) in [6.07, 6.45) is 5.08. The zero-order chi connectivity index (χ0) is 14.4. The Labute approximate surface area is 131 Å². The molecule has 0 unspecified atom stereocenters. The van der Waals surface area contributed by atoms with E-state index in [1.165, 1.54) is 17.0 Å². The maximum atomic E-state index is 12.4. The molecule has 1 aromatic carbocycles. The first kappa shape index (κ1) is 13.9. The van der Waals surface area contributed by atoms with Gasteiger partial charge in [0.1, 0.15) is 0 Å². The van der Waals surface area contributed by atoms with E-state index in [9.17, 15) is 9.59 Å². The highest BCUT2D eigenvalue weighted by Crippen LogP contribution is 2.41. The minimum atomic E-state index is -0.277. The number of allylic oxidation sites excluding steroid dienone is 2. The molecule has 0 N–H and O–H groups in total. The van der Waals surface area contributed by atoms with Crippen molar-refractivity contribution in [1.29, 1.82) is 0 Å². The van der Waals surface area contributed by atoms with Crippen LogP contribution in [0.3, 0.4) is 0 Å². The van der Waals surface area contributed by atoms with E-state index in [0.29, 0.717) is 18.5 Å². The zero-order valence-corrected chi connectivity index (χ0v) is 12.5. The van der Waals surface area contributed by atoms with Crippen LogP contribution in [0.4, 0.5) is 5.69 Å². The lowest BCUT2D eigenvalue weighted by Crippen LogP contribution is -2.30. The van der Waals surface area contributed by atoms with Crippen molar-refractivity contribution in [2.75, 3.05) is 4.90 Å². The third kappa shape index (κ3) is 2.05. The lowest BCUT2D eigenvalue weighted by molar-refractivity contribution is -0.122. The summed E-state index contributed by atoms with van der Waals surface area (Å²) in [6, 6.07) is 2.99. The largest absolute Gasteiger partial charge is 0.274 e. The van der Waals surface area contributed by atoms with Gasteiger partial charge in [-0.3, -0.25) is 9.59 Å². The highest BCUT2D eigenvalue weighted by atomic mass is 35.5. The molecule has 1 heterocycles. The Morgan fingerprint density at radius 1 is 0.900 bits per heavy atom. The number of anilines is 1. The molecule has 1 saturated heterocycles. The topological polar surface area (TPSA) is 37.4 Å². The number of rotatable bonds is 1. The van der Waals surface area contributed by atoms with Crippen molar-refractivity contribution in [2.24, 2.45) is 11.8 Å². The summed E-state index contributed by atoms with van der Waals surface area (Å²) in [5, 5.41) is 0.667. The molecule has 6 heteroatoms. The lowest BCUT2D eigenvalue weighted by atomic mass is 9.85. The molecule has 2 aliphatic rings. The number of fused-ring (bicyclic) bond motifs is 1. The van der Waals surface area contributed by atoms with Gasteiger partial charge in [-0.15, -0.1) is 0 Å². The molecule has 20 heavy (non-hydrogen) atoms. The molecule has 1 fully saturated rings. The number of imide groups is 1. The van der Waals surface area contributed by atoms with Gasteiger partial charge in [-0.25, -0.2) is 4.90 Å². The number of benzene rings is 1. The van der Waals surface area contributed by atoms with Crippen LogP contribution in [0.25, 0.3) is 0 Å². The van der Waals surface area contributed by atoms with E-state index in [1.807, 2.05) is 12.2 Å². The summed E-state index contributed by atoms with van der Waals surface area (Å²) in [6.45, 7) is 0. The summed E-state index contributed by atoms with van der Waals surface area (Å²) < 4.78 is 0. The van der Waals surface area contributed by atoms with E-state index < -0.39 is 0 Å². The molecule has 0 spiro atoms. The van der Waals surface area contributed by atoms with E-state index in [0.717, 1.165) is 0 Å². The number of amides is 2. The number of hydrogen-bond acceptors (Lipinski definition) is 2. The van der Waals surface area contributed by atoms with E-state index in [1.54, 1.807) is 0 Å². The Balaban J connectivity index is 2.03. The van der Waals surface area contributed by atoms with Crippen LogP contribution in [0.1, 0.15) is 12.8 Å². The second kappa shape index (κ2) is 5.06. The molecule has 2 amide bonds. The van der Waals surface area contributed by atoms with Crippen molar-refractivity contribution < 1.29 is 9.59 Å². The van der Waals surface area contributed by atoms with Crippen LogP contribution in [0.2, 0.25) is 15.1 Å². The Kier molecular flexibility index (Phi) is 3.53. The number of carbonyl (C=O) groups is 2. The van der Waals surface area contributed by atoms with Gasteiger partial charge < -0.3 is 0 Å². The minimum absolute atomic E-state index is 0.196. The van der Waals surface area contributed by atoms with Crippen LogP contribution in [0, 0.1) is 11.8 Å². The molecule has 0 aromatic heterocycles. The second-order valence-electron chi connectivity index (χ2n) is 4.89. The summed E-state index contributed by atoms with van der Waals surface area (Å²) >= 11 is 17.8. The second-order valence-corrected chi connectivity index (χ2v) is 6.08. The third-order valence-corrected chi connectivity index (χ3v) is 4.93. The first-order chi connectivity index (χ1) is 9.50. The molecular formula is C14H10Cl3NO2. The summed E-state index contributed by atoms with van der Waals surface area (Å²) in [4.78, 5) is 26.0. The number of carbonyl (C=O) groups excluding carboxylic acids is 2. The highest BCUT2D eigenvalue weighted by Gasteiger charge is 2.47. The lowest BCUT2D eigenvalue weighted by Gasteiger charge is -2.16. The van der Waals surface area contributed by atoms with Crippen molar-refractivity contribution in [2.45, 2.75) is 12.8 Å². The smallest absolute Gasteiger partial charge is 0.238 e. The van der Waals surface area contributed by atoms with Crippen LogP contribution < -0.4 is 4.90 Å². The van der Waals surface area contributed by atoms with Gasteiger partial charge in [-0.2, -0.15) is 0 Å². The maximum absolute atomic E-state index is 12.4. The van der Waals surface area contributed by atoms with Gasteiger partial charge in [-0.05, 0) is 25.0 Å². The molecule has 3 rings (SSSR count). The van der Waals surface area contributed by atoms with Crippen molar-refractivity contribution in [1.82, 2.24) is 0 Å². The average molecular weight is 331 g/mol. The zero-order valence-electron chi connectivity index (χ0n) is 10.3. The Morgan fingerprint density at radius 3 is 1.80 bits per heavy atom. The SMILES string of the molecule is O=C1[C@H]2CC=CC[C@H]2C(=O)N1c1cc(Cl)c(Cl)c(Cl)c1. The Morgan fingerprint density at radius 2 is 1.35 bits per heavy atom. The van der Waals surface area contributed by atoms with Gasteiger partial charge in [-0.1, -0.05) is 47.0 Å². The molecule has 1 aromatic rings. The van der Waals surface area contributed by atoms with Crippen molar-refractivity contribution >= 4 is 52.3 Å². The molecule has 1 aliphatic heterocycles. The normalized spacial score (nSPS) is 25.2. The first-order valence-corrected chi connectivity index (χ1v) is 7.31. The molecule has 0 saturated carbocycles. The third-order valence-electron chi connectivity index (χ3n) is 3.73. The van der Waals surface area contributed by atoms with E-state index in [-0.39, 0.29) is 38.7 Å². The van der Waals surface area contributed by atoms with Crippen molar-refractivity contribution in [3.05, 3.63) is 39.4 Å². The monoisotopic (exact) mass is 329 g/mol. The number of nitrogens with zero attached hydrogens (tertiary/aromatic N) is 1. The predicted molar refractivity (Wildman–Crippen MR) is 79.3 cm³/mol. The molecule has 104 valence electrons. The van der Waals surface area contributed by atoms with Gasteiger partial charge in [0.25, 0.3) is 0 Å². The Bertz CT molecular complexity index is 592. The van der Waals surface area contributed by atoms with Crippen LogP contribution in [0.15, 0.2) is 24.3 Å². The van der Waals surface area contributed by atoms with Gasteiger partial charge in [0.15, 0.2) is 0 Å². The van der Waals surface area contributed by atoms with Gasteiger partial charge in [0.05, 0.1) is 32.6 Å². The summed E-state index contributed by atoms with van der Waals surface area (Å²) in [5.74, 6) is -0.945. The Hall–Kier alpha value is -1.03. The summed E-state index contributed by atoms with van der Waals surface area (Å²) in [7, 11) is 0. The molecule has 2 atom stereocenters. The molecule has 0 radical (unpaired) electrons. The first-order valence-electron chi connectivity index (χ1n) is 6.18. The van der Waals surface area contributed by atoms with Crippen LogP contribution >= 0.6 is 34.8 Å². The maximum Gasteiger partial charge on any atom is 0.238 e. The van der Waals surface area contributed by atoms with Crippen molar-refractivity contribution in [3.63, 3.8) is 0 Å². The molecule has 3 nitrogen and oxygen atoms in total. The fourth-order valence-electron chi connectivity index (χ4n) is 2.73. The molecule has 0 bridgehead atoms. The van der Waals surface area contributed by atoms with E-state index in [2.05, 4.69) is 0 Å². The molecular weight excluding hydrogens is 321 g/mol. The van der Waals surface area contributed by atoms with E-state index >= 15 is 0 Å². The number of halogens is 3.